The third kappa shape index (κ3) is 5.65. The Bertz CT molecular complexity index is 1060. The number of methoxy groups -OCH3 is 1. The molecule has 1 fully saturated rings. The van der Waals surface area contributed by atoms with Crippen LogP contribution < -0.4 is 4.74 Å². The highest BCUT2D eigenvalue weighted by Crippen LogP contribution is 2.48. The maximum Gasteiger partial charge on any atom is 0.233 e. The molecular formula is C28H38INO6. The zero-order valence-corrected chi connectivity index (χ0v) is 23.9. The Balaban J connectivity index is 1.84. The standard InChI is InChI=1S/C28H38INO6/c1-6-9-30-27(34)19-13-18(15(2)3)24(20(14-31)25(19)28(30)35)22(32)8-7-16(4)10-17-11-21(29)26(33)23(12-17)36-5/h10-12,15,19-20,22,25,31-33H,6-9,13-14H2,1-5H3/b16-10+/t19-,20+,22-,25-/m1/s1. The van der Waals surface area contributed by atoms with Crippen LogP contribution in [-0.4, -0.2) is 58.4 Å². The van der Waals surface area contributed by atoms with Gasteiger partial charge in [-0.2, -0.15) is 0 Å². The number of ether oxygens (including phenoxy) is 1. The van der Waals surface area contributed by atoms with Gasteiger partial charge in [-0.1, -0.05) is 38.0 Å². The van der Waals surface area contributed by atoms with Crippen LogP contribution in [0.4, 0.5) is 0 Å². The van der Waals surface area contributed by atoms with E-state index in [-0.39, 0.29) is 30.1 Å². The van der Waals surface area contributed by atoms with Crippen LogP contribution in [0.15, 0.2) is 28.9 Å². The van der Waals surface area contributed by atoms with Crippen molar-refractivity contribution in [3.63, 3.8) is 0 Å². The van der Waals surface area contributed by atoms with Crippen molar-refractivity contribution >= 4 is 40.5 Å². The summed E-state index contributed by atoms with van der Waals surface area (Å²) in [5, 5.41) is 31.8. The number of halogens is 1. The smallest absolute Gasteiger partial charge is 0.233 e. The topological polar surface area (TPSA) is 107 Å². The average molecular weight is 612 g/mol. The second kappa shape index (κ2) is 12.1. The van der Waals surface area contributed by atoms with Gasteiger partial charge in [0.2, 0.25) is 11.8 Å². The molecule has 1 heterocycles. The molecule has 8 heteroatoms. The number of allylic oxidation sites excluding steroid dienone is 2. The van der Waals surface area contributed by atoms with E-state index in [9.17, 15) is 24.9 Å². The fourth-order valence-corrected chi connectivity index (χ4v) is 6.29. The fraction of sp³-hybridized carbons (Fsp3) is 0.571. The number of rotatable bonds is 10. The largest absolute Gasteiger partial charge is 0.504 e. The first kappa shape index (κ1) is 28.7. The summed E-state index contributed by atoms with van der Waals surface area (Å²) in [4.78, 5) is 27.6. The van der Waals surface area contributed by atoms with Crippen LogP contribution in [0.5, 0.6) is 11.5 Å². The van der Waals surface area contributed by atoms with Crippen molar-refractivity contribution in [1.82, 2.24) is 4.90 Å². The Hall–Kier alpha value is -1.91. The van der Waals surface area contributed by atoms with E-state index in [0.29, 0.717) is 41.5 Å². The predicted molar refractivity (Wildman–Crippen MR) is 147 cm³/mol. The van der Waals surface area contributed by atoms with Crippen LogP contribution in [0.1, 0.15) is 58.9 Å². The number of hydrogen-bond acceptors (Lipinski definition) is 6. The maximum absolute atomic E-state index is 13.2. The minimum atomic E-state index is -0.818. The minimum absolute atomic E-state index is 0.0935. The number of likely N-dealkylation sites (tertiary alicyclic amines) is 1. The van der Waals surface area contributed by atoms with Gasteiger partial charge >= 0.3 is 0 Å². The SMILES string of the molecule is CCCN1C(=O)[C@@H]2[C@@H](CC(C(C)C)=C([C@H](O)CC/C(C)=C/c3cc(I)c(O)c(OC)c3)[C@@H]2CO)C1=O. The lowest BCUT2D eigenvalue weighted by atomic mass is 9.66. The number of phenolic OH excluding ortho intramolecular Hbond substituents is 1. The van der Waals surface area contributed by atoms with Gasteiger partial charge in [0.25, 0.3) is 0 Å². The van der Waals surface area contributed by atoms with Crippen LogP contribution >= 0.6 is 22.6 Å². The highest BCUT2D eigenvalue weighted by atomic mass is 127. The van der Waals surface area contributed by atoms with Crippen LogP contribution in [0.3, 0.4) is 0 Å². The summed E-state index contributed by atoms with van der Waals surface area (Å²) < 4.78 is 5.94. The summed E-state index contributed by atoms with van der Waals surface area (Å²) in [7, 11) is 1.51. The number of aliphatic hydroxyl groups excluding tert-OH is 2. The first-order valence-corrected chi connectivity index (χ1v) is 13.7. The van der Waals surface area contributed by atoms with Gasteiger partial charge in [0.1, 0.15) is 0 Å². The van der Waals surface area contributed by atoms with Crippen molar-refractivity contribution < 1.29 is 29.6 Å². The predicted octanol–water partition coefficient (Wildman–Crippen LogP) is 4.53. The Morgan fingerprint density at radius 3 is 2.56 bits per heavy atom. The maximum atomic E-state index is 13.2. The van der Waals surface area contributed by atoms with E-state index in [1.165, 1.54) is 12.0 Å². The highest BCUT2D eigenvalue weighted by molar-refractivity contribution is 14.1. The van der Waals surface area contributed by atoms with E-state index < -0.39 is 23.9 Å². The van der Waals surface area contributed by atoms with Crippen LogP contribution in [0.25, 0.3) is 6.08 Å². The average Bonchev–Trinajstić information content (AvgIpc) is 3.08. The summed E-state index contributed by atoms with van der Waals surface area (Å²) in [6, 6.07) is 3.64. The van der Waals surface area contributed by atoms with Crippen LogP contribution in [0, 0.1) is 27.2 Å². The summed E-state index contributed by atoms with van der Waals surface area (Å²) in [6.07, 6.45) is 3.37. The molecule has 3 N–H and O–H groups in total. The molecule has 1 aromatic carbocycles. The van der Waals surface area contributed by atoms with Gasteiger partial charge in [0.15, 0.2) is 11.5 Å². The second-order valence-electron chi connectivity index (χ2n) is 10.2. The van der Waals surface area contributed by atoms with Crippen molar-refractivity contribution in [1.29, 1.82) is 0 Å². The molecule has 0 radical (unpaired) electrons. The number of carbonyl (C=O) groups is 2. The highest BCUT2D eigenvalue weighted by Gasteiger charge is 2.54. The molecular weight excluding hydrogens is 573 g/mol. The number of aliphatic hydroxyl groups is 2. The quantitative estimate of drug-likeness (QED) is 0.204. The lowest BCUT2D eigenvalue weighted by molar-refractivity contribution is -0.140. The number of aromatic hydroxyl groups is 1. The number of nitrogens with zero attached hydrogens (tertiary/aromatic N) is 1. The van der Waals surface area contributed by atoms with Gasteiger partial charge in [-0.05, 0) is 84.4 Å². The Kier molecular flexibility index (Phi) is 9.62. The number of fused-ring (bicyclic) bond motifs is 1. The molecule has 1 aliphatic carbocycles. The lowest BCUT2D eigenvalue weighted by Gasteiger charge is -2.38. The molecule has 198 valence electrons. The Labute approximate surface area is 227 Å². The molecule has 0 saturated carbocycles. The molecule has 7 nitrogen and oxygen atoms in total. The molecule has 2 aliphatic rings. The van der Waals surface area contributed by atoms with E-state index in [4.69, 9.17) is 4.74 Å². The monoisotopic (exact) mass is 611 g/mol. The molecule has 0 spiro atoms. The second-order valence-corrected chi connectivity index (χ2v) is 11.3. The van der Waals surface area contributed by atoms with Crippen molar-refractivity contribution in [3.05, 3.63) is 38.0 Å². The van der Waals surface area contributed by atoms with E-state index in [1.807, 2.05) is 39.8 Å². The number of imide groups is 1. The molecule has 1 aromatic rings. The van der Waals surface area contributed by atoms with Crippen LogP contribution in [-0.2, 0) is 9.59 Å². The lowest BCUT2D eigenvalue weighted by Crippen LogP contribution is -2.39. The molecule has 2 amide bonds. The van der Waals surface area contributed by atoms with Gasteiger partial charge < -0.3 is 20.1 Å². The fourth-order valence-electron chi connectivity index (χ4n) is 5.66. The Morgan fingerprint density at radius 2 is 1.97 bits per heavy atom. The summed E-state index contributed by atoms with van der Waals surface area (Å²) in [6.45, 7) is 8.11. The van der Waals surface area contributed by atoms with Gasteiger partial charge in [-0.25, -0.2) is 0 Å². The molecule has 36 heavy (non-hydrogen) atoms. The third-order valence-corrected chi connectivity index (χ3v) is 8.23. The molecule has 1 aliphatic heterocycles. The van der Waals surface area contributed by atoms with E-state index >= 15 is 0 Å². The van der Waals surface area contributed by atoms with E-state index in [0.717, 1.165) is 22.3 Å². The Morgan fingerprint density at radius 1 is 1.28 bits per heavy atom. The van der Waals surface area contributed by atoms with Gasteiger partial charge in [0, 0.05) is 12.5 Å². The molecule has 3 rings (SSSR count). The van der Waals surface area contributed by atoms with Crippen LogP contribution in [0.2, 0.25) is 0 Å². The first-order chi connectivity index (χ1) is 17.0. The van der Waals surface area contributed by atoms with Crippen molar-refractivity contribution in [2.45, 2.75) is 59.5 Å². The van der Waals surface area contributed by atoms with Crippen molar-refractivity contribution in [2.75, 3.05) is 20.3 Å². The molecule has 4 atom stereocenters. The minimum Gasteiger partial charge on any atom is -0.504 e. The number of hydrogen-bond donors (Lipinski definition) is 3. The summed E-state index contributed by atoms with van der Waals surface area (Å²) in [5.74, 6) is -1.37. The number of phenols is 1. The summed E-state index contributed by atoms with van der Waals surface area (Å²) >= 11 is 2.06. The summed E-state index contributed by atoms with van der Waals surface area (Å²) in [5.41, 5.74) is 3.66. The molecule has 0 bridgehead atoms. The number of benzene rings is 1. The third-order valence-electron chi connectivity index (χ3n) is 7.41. The van der Waals surface area contributed by atoms with E-state index in [1.54, 1.807) is 6.07 Å². The van der Waals surface area contributed by atoms with Gasteiger partial charge in [-0.3, -0.25) is 14.5 Å². The number of amides is 2. The zero-order valence-electron chi connectivity index (χ0n) is 21.8. The molecule has 1 saturated heterocycles. The van der Waals surface area contributed by atoms with Gasteiger partial charge in [0.05, 0.1) is 35.2 Å². The van der Waals surface area contributed by atoms with Gasteiger partial charge in [-0.15, -0.1) is 0 Å². The zero-order chi connectivity index (χ0) is 26.7. The normalized spacial score (nSPS) is 23.5. The number of carbonyl (C=O) groups excluding carboxylic acids is 2. The molecule has 0 aromatic heterocycles. The van der Waals surface area contributed by atoms with E-state index in [2.05, 4.69) is 22.6 Å². The molecule has 0 unspecified atom stereocenters. The van der Waals surface area contributed by atoms with Crippen molar-refractivity contribution in [3.8, 4) is 11.5 Å². The van der Waals surface area contributed by atoms with Crippen molar-refractivity contribution in [2.24, 2.45) is 23.7 Å². The first-order valence-electron chi connectivity index (χ1n) is 12.7.